The maximum absolute atomic E-state index is 10.7. The maximum atomic E-state index is 10.7. The molecule has 2 aromatic carbocycles. The van der Waals surface area contributed by atoms with Crippen LogP contribution in [0.1, 0.15) is 47.6 Å². The van der Waals surface area contributed by atoms with Gasteiger partial charge in [-0.1, -0.05) is 66.6 Å². The summed E-state index contributed by atoms with van der Waals surface area (Å²) in [6.45, 7) is 6.28. The molecule has 1 N–H and O–H groups in total. The number of rotatable bonds is 4. The van der Waals surface area contributed by atoms with Crippen molar-refractivity contribution in [2.75, 3.05) is 0 Å². The van der Waals surface area contributed by atoms with Crippen LogP contribution in [0.4, 0.5) is 0 Å². The first-order chi connectivity index (χ1) is 9.11. The van der Waals surface area contributed by atoms with Crippen LogP contribution in [0.2, 0.25) is 0 Å². The highest BCUT2D eigenvalue weighted by molar-refractivity contribution is 5.33. The average Bonchev–Trinajstić information content (AvgIpc) is 2.39. The number of aryl methyl sites for hydroxylation is 2. The Hall–Kier alpha value is -1.60. The third-order valence-corrected chi connectivity index (χ3v) is 3.63. The van der Waals surface area contributed by atoms with Crippen LogP contribution in [0.25, 0.3) is 0 Å². The predicted octanol–water partition coefficient (Wildman–Crippen LogP) is 4.53. The highest BCUT2D eigenvalue weighted by Gasteiger charge is 2.21. The first kappa shape index (κ1) is 13.8. The van der Waals surface area contributed by atoms with Gasteiger partial charge in [-0.05, 0) is 31.4 Å². The molecule has 0 aromatic heterocycles. The molecule has 19 heavy (non-hydrogen) atoms. The zero-order chi connectivity index (χ0) is 13.8. The zero-order valence-electron chi connectivity index (χ0n) is 11.9. The fraction of sp³-hybridized carbons (Fsp3) is 0.333. The summed E-state index contributed by atoms with van der Waals surface area (Å²) < 4.78 is 0. The lowest BCUT2D eigenvalue weighted by Crippen LogP contribution is -2.10. The molecule has 0 amide bonds. The van der Waals surface area contributed by atoms with Gasteiger partial charge in [-0.3, -0.25) is 0 Å². The summed E-state index contributed by atoms with van der Waals surface area (Å²) in [5, 5.41) is 10.7. The normalized spacial score (nSPS) is 14.1. The van der Waals surface area contributed by atoms with Crippen LogP contribution in [-0.4, -0.2) is 5.11 Å². The minimum Gasteiger partial charge on any atom is -0.388 e. The lowest BCUT2D eigenvalue weighted by molar-refractivity contribution is 0.142. The number of benzene rings is 2. The number of hydrogen-bond acceptors (Lipinski definition) is 1. The summed E-state index contributed by atoms with van der Waals surface area (Å²) in [4.78, 5) is 0. The number of aliphatic hydroxyl groups is 1. The van der Waals surface area contributed by atoms with Gasteiger partial charge in [-0.15, -0.1) is 0 Å². The molecule has 0 fully saturated rings. The molecular formula is C18H22O. The maximum Gasteiger partial charge on any atom is 0.0858 e. The lowest BCUT2D eigenvalue weighted by Gasteiger charge is -2.23. The Bertz CT molecular complexity index is 510. The van der Waals surface area contributed by atoms with Crippen molar-refractivity contribution >= 4 is 0 Å². The van der Waals surface area contributed by atoms with Gasteiger partial charge in [0.15, 0.2) is 0 Å². The van der Waals surface area contributed by atoms with E-state index in [9.17, 15) is 5.11 Å². The van der Waals surface area contributed by atoms with Gasteiger partial charge in [-0.25, -0.2) is 0 Å². The topological polar surface area (TPSA) is 20.2 Å². The second-order valence-corrected chi connectivity index (χ2v) is 5.29. The highest BCUT2D eigenvalue weighted by atomic mass is 16.3. The van der Waals surface area contributed by atoms with Crippen LogP contribution in [-0.2, 0) is 0 Å². The van der Waals surface area contributed by atoms with Crippen molar-refractivity contribution in [2.24, 2.45) is 0 Å². The first-order valence-corrected chi connectivity index (χ1v) is 6.93. The van der Waals surface area contributed by atoms with E-state index in [4.69, 9.17) is 0 Å². The molecule has 0 heterocycles. The molecule has 0 aliphatic heterocycles. The third-order valence-electron chi connectivity index (χ3n) is 3.63. The molecule has 0 spiro atoms. The van der Waals surface area contributed by atoms with Crippen LogP contribution in [0.3, 0.4) is 0 Å². The van der Waals surface area contributed by atoms with E-state index in [1.807, 2.05) is 18.2 Å². The van der Waals surface area contributed by atoms with Gasteiger partial charge in [-0.2, -0.15) is 0 Å². The van der Waals surface area contributed by atoms with E-state index in [0.29, 0.717) is 0 Å². The van der Waals surface area contributed by atoms with Gasteiger partial charge in [0, 0.05) is 5.92 Å². The molecule has 1 heteroatoms. The van der Waals surface area contributed by atoms with Crippen LogP contribution in [0.15, 0.2) is 48.5 Å². The van der Waals surface area contributed by atoms with Crippen molar-refractivity contribution < 1.29 is 5.11 Å². The molecule has 0 aliphatic carbocycles. The second-order valence-electron chi connectivity index (χ2n) is 5.29. The fourth-order valence-corrected chi connectivity index (χ4v) is 2.75. The Morgan fingerprint density at radius 3 is 2.00 bits per heavy atom. The van der Waals surface area contributed by atoms with Gasteiger partial charge in [0.05, 0.1) is 6.10 Å². The molecule has 0 radical (unpaired) electrons. The minimum absolute atomic E-state index is 0.155. The monoisotopic (exact) mass is 254 g/mol. The first-order valence-electron chi connectivity index (χ1n) is 6.93. The molecule has 2 rings (SSSR count). The molecule has 1 nitrogen and oxygen atoms in total. The van der Waals surface area contributed by atoms with Crippen LogP contribution in [0, 0.1) is 13.8 Å². The third kappa shape index (κ3) is 3.24. The number of aliphatic hydroxyl groups excluding tert-OH is 1. The smallest absolute Gasteiger partial charge is 0.0858 e. The van der Waals surface area contributed by atoms with Crippen molar-refractivity contribution in [3.8, 4) is 0 Å². The Morgan fingerprint density at radius 1 is 0.895 bits per heavy atom. The molecular weight excluding hydrogens is 232 g/mol. The SMILES string of the molecule is CCC(c1ccccc1)C(O)c1cc(C)cc(C)c1. The molecule has 0 saturated carbocycles. The van der Waals surface area contributed by atoms with Crippen molar-refractivity contribution in [2.45, 2.75) is 39.2 Å². The van der Waals surface area contributed by atoms with Gasteiger partial charge in [0.2, 0.25) is 0 Å². The van der Waals surface area contributed by atoms with Crippen LogP contribution in [0.5, 0.6) is 0 Å². The predicted molar refractivity (Wildman–Crippen MR) is 80.3 cm³/mol. The molecule has 2 unspecified atom stereocenters. The average molecular weight is 254 g/mol. The lowest BCUT2D eigenvalue weighted by atomic mass is 9.86. The quantitative estimate of drug-likeness (QED) is 0.849. The van der Waals surface area contributed by atoms with Crippen LogP contribution >= 0.6 is 0 Å². The molecule has 2 aromatic rings. The second kappa shape index (κ2) is 6.03. The van der Waals surface area contributed by atoms with E-state index in [1.165, 1.54) is 16.7 Å². The van der Waals surface area contributed by atoms with Crippen molar-refractivity contribution in [1.29, 1.82) is 0 Å². The zero-order valence-corrected chi connectivity index (χ0v) is 11.9. The highest BCUT2D eigenvalue weighted by Crippen LogP contribution is 2.34. The molecule has 100 valence electrons. The van der Waals surface area contributed by atoms with E-state index in [1.54, 1.807) is 0 Å². The summed E-state index contributed by atoms with van der Waals surface area (Å²) >= 11 is 0. The van der Waals surface area contributed by atoms with E-state index < -0.39 is 6.10 Å². The van der Waals surface area contributed by atoms with Crippen LogP contribution < -0.4 is 0 Å². The Balaban J connectivity index is 2.33. The summed E-state index contributed by atoms with van der Waals surface area (Å²) in [5.41, 5.74) is 4.64. The Labute approximate surface area is 115 Å². The largest absolute Gasteiger partial charge is 0.388 e. The van der Waals surface area contributed by atoms with Crippen molar-refractivity contribution in [3.63, 3.8) is 0 Å². The van der Waals surface area contributed by atoms with Crippen molar-refractivity contribution in [1.82, 2.24) is 0 Å². The summed E-state index contributed by atoms with van der Waals surface area (Å²) in [5.74, 6) is 0.155. The standard InChI is InChI=1S/C18H22O/c1-4-17(15-8-6-5-7-9-15)18(19)16-11-13(2)10-14(3)12-16/h5-12,17-19H,4H2,1-3H3. The molecule has 0 saturated heterocycles. The summed E-state index contributed by atoms with van der Waals surface area (Å²) in [7, 11) is 0. The molecule has 2 atom stereocenters. The van der Waals surface area contributed by atoms with Crippen molar-refractivity contribution in [3.05, 3.63) is 70.8 Å². The van der Waals surface area contributed by atoms with Gasteiger partial charge in [0.25, 0.3) is 0 Å². The summed E-state index contributed by atoms with van der Waals surface area (Å²) in [6.07, 6.45) is 0.490. The van der Waals surface area contributed by atoms with E-state index >= 15 is 0 Å². The van der Waals surface area contributed by atoms with E-state index in [0.717, 1.165) is 12.0 Å². The Kier molecular flexibility index (Phi) is 4.39. The summed E-state index contributed by atoms with van der Waals surface area (Å²) in [6, 6.07) is 16.6. The van der Waals surface area contributed by atoms with E-state index in [2.05, 4.69) is 51.1 Å². The van der Waals surface area contributed by atoms with Gasteiger partial charge in [0.1, 0.15) is 0 Å². The Morgan fingerprint density at radius 2 is 1.47 bits per heavy atom. The molecule has 0 bridgehead atoms. The number of hydrogen-bond donors (Lipinski definition) is 1. The molecule has 0 aliphatic rings. The fourth-order valence-electron chi connectivity index (χ4n) is 2.75. The minimum atomic E-state index is -0.439. The van der Waals surface area contributed by atoms with Gasteiger partial charge >= 0.3 is 0 Å². The van der Waals surface area contributed by atoms with E-state index in [-0.39, 0.29) is 5.92 Å². The van der Waals surface area contributed by atoms with Gasteiger partial charge < -0.3 is 5.11 Å².